The largest absolute Gasteiger partial charge is 0.350 e. The number of ether oxygens (including phenoxy) is 1. The van der Waals surface area contributed by atoms with Crippen molar-refractivity contribution in [1.29, 1.82) is 0 Å². The van der Waals surface area contributed by atoms with Gasteiger partial charge in [0.2, 0.25) is 0 Å². The fourth-order valence-electron chi connectivity index (χ4n) is 2.42. The third-order valence-electron chi connectivity index (χ3n) is 3.34. The van der Waals surface area contributed by atoms with Gasteiger partial charge in [-0.05, 0) is 24.3 Å². The van der Waals surface area contributed by atoms with Gasteiger partial charge in [0.05, 0.1) is 12.2 Å². The van der Waals surface area contributed by atoms with Crippen LogP contribution in [0.2, 0.25) is 0 Å². The van der Waals surface area contributed by atoms with Gasteiger partial charge in [-0.2, -0.15) is 0 Å². The second-order valence-corrected chi connectivity index (χ2v) is 4.63. The SMILES string of the molecule is NC1COC(c2c(F)cccc2F)N1c1ccccc1. The van der Waals surface area contributed by atoms with Crippen molar-refractivity contribution in [3.8, 4) is 0 Å². The minimum Gasteiger partial charge on any atom is -0.350 e. The average Bonchev–Trinajstić information content (AvgIpc) is 2.81. The lowest BCUT2D eigenvalue weighted by atomic mass is 10.1. The Hall–Kier alpha value is -1.98. The summed E-state index contributed by atoms with van der Waals surface area (Å²) in [5.74, 6) is -1.27. The molecule has 2 aromatic carbocycles. The van der Waals surface area contributed by atoms with E-state index in [2.05, 4.69) is 0 Å². The van der Waals surface area contributed by atoms with Crippen LogP contribution < -0.4 is 10.6 Å². The molecule has 1 saturated heterocycles. The Labute approximate surface area is 115 Å². The molecule has 0 radical (unpaired) electrons. The smallest absolute Gasteiger partial charge is 0.163 e. The van der Waals surface area contributed by atoms with Gasteiger partial charge in [-0.1, -0.05) is 24.3 Å². The monoisotopic (exact) mass is 276 g/mol. The van der Waals surface area contributed by atoms with E-state index in [4.69, 9.17) is 10.5 Å². The van der Waals surface area contributed by atoms with Crippen LogP contribution in [0.4, 0.5) is 14.5 Å². The number of halogens is 2. The number of para-hydroxylation sites is 1. The highest BCUT2D eigenvalue weighted by Gasteiger charge is 2.36. The summed E-state index contributed by atoms with van der Waals surface area (Å²) in [6, 6.07) is 13.0. The number of hydrogen-bond acceptors (Lipinski definition) is 3. The molecule has 0 bridgehead atoms. The van der Waals surface area contributed by atoms with Crippen LogP contribution in [-0.2, 0) is 4.74 Å². The molecule has 0 amide bonds. The van der Waals surface area contributed by atoms with Crippen LogP contribution >= 0.6 is 0 Å². The minimum absolute atomic E-state index is 0.107. The van der Waals surface area contributed by atoms with Crippen LogP contribution in [0, 0.1) is 11.6 Å². The van der Waals surface area contributed by atoms with Crippen molar-refractivity contribution in [2.24, 2.45) is 5.73 Å². The minimum atomic E-state index is -0.853. The lowest BCUT2D eigenvalue weighted by Gasteiger charge is -2.28. The van der Waals surface area contributed by atoms with Crippen molar-refractivity contribution in [3.05, 3.63) is 65.7 Å². The van der Waals surface area contributed by atoms with Gasteiger partial charge in [-0.3, -0.25) is 0 Å². The second kappa shape index (κ2) is 5.19. The summed E-state index contributed by atoms with van der Waals surface area (Å²) < 4.78 is 33.4. The zero-order valence-electron chi connectivity index (χ0n) is 10.7. The third-order valence-corrected chi connectivity index (χ3v) is 3.34. The quantitative estimate of drug-likeness (QED) is 0.916. The Bertz CT molecular complexity index is 586. The Morgan fingerprint density at radius 3 is 2.30 bits per heavy atom. The Kier molecular flexibility index (Phi) is 3.38. The van der Waals surface area contributed by atoms with Crippen LogP contribution in [0.3, 0.4) is 0 Å². The van der Waals surface area contributed by atoms with Gasteiger partial charge in [0.25, 0.3) is 0 Å². The summed E-state index contributed by atoms with van der Waals surface area (Å²) >= 11 is 0. The molecule has 3 nitrogen and oxygen atoms in total. The highest BCUT2D eigenvalue weighted by molar-refractivity contribution is 5.50. The molecule has 1 aliphatic heterocycles. The van der Waals surface area contributed by atoms with Gasteiger partial charge in [-0.15, -0.1) is 0 Å². The van der Waals surface area contributed by atoms with Crippen LogP contribution in [-0.4, -0.2) is 12.8 Å². The third kappa shape index (κ3) is 2.15. The van der Waals surface area contributed by atoms with Crippen LogP contribution in [0.15, 0.2) is 48.5 Å². The van der Waals surface area contributed by atoms with Gasteiger partial charge < -0.3 is 15.4 Å². The number of benzene rings is 2. The maximum absolute atomic E-state index is 13.9. The normalized spacial score (nSPS) is 22.2. The fourth-order valence-corrected chi connectivity index (χ4v) is 2.42. The number of nitrogens with zero attached hydrogens (tertiary/aromatic N) is 1. The zero-order valence-corrected chi connectivity index (χ0v) is 10.7. The fraction of sp³-hybridized carbons (Fsp3) is 0.200. The van der Waals surface area contributed by atoms with Gasteiger partial charge in [-0.25, -0.2) is 8.78 Å². The predicted molar refractivity (Wildman–Crippen MR) is 71.9 cm³/mol. The summed E-state index contributed by atoms with van der Waals surface area (Å²) in [7, 11) is 0. The van der Waals surface area contributed by atoms with Crippen molar-refractivity contribution >= 4 is 5.69 Å². The van der Waals surface area contributed by atoms with E-state index in [1.54, 1.807) is 4.90 Å². The first-order valence-electron chi connectivity index (χ1n) is 6.33. The van der Waals surface area contributed by atoms with Crippen LogP contribution in [0.1, 0.15) is 11.8 Å². The van der Waals surface area contributed by atoms with E-state index < -0.39 is 24.0 Å². The molecule has 3 rings (SSSR count). The van der Waals surface area contributed by atoms with Crippen molar-refractivity contribution in [1.82, 2.24) is 0 Å². The second-order valence-electron chi connectivity index (χ2n) is 4.63. The van der Waals surface area contributed by atoms with E-state index in [-0.39, 0.29) is 12.2 Å². The van der Waals surface area contributed by atoms with Crippen LogP contribution in [0.25, 0.3) is 0 Å². The predicted octanol–water partition coefficient (Wildman–Crippen LogP) is 2.79. The maximum atomic E-state index is 13.9. The van der Waals surface area contributed by atoms with E-state index in [1.165, 1.54) is 18.2 Å². The first-order chi connectivity index (χ1) is 9.68. The first-order valence-corrected chi connectivity index (χ1v) is 6.33. The Balaban J connectivity index is 2.05. The molecule has 20 heavy (non-hydrogen) atoms. The number of anilines is 1. The molecule has 0 aromatic heterocycles. The van der Waals surface area contributed by atoms with Crippen molar-refractivity contribution in [2.75, 3.05) is 11.5 Å². The summed E-state index contributed by atoms with van der Waals surface area (Å²) in [6.45, 7) is 0.216. The lowest BCUT2D eigenvalue weighted by Crippen LogP contribution is -2.40. The maximum Gasteiger partial charge on any atom is 0.163 e. The molecule has 2 N–H and O–H groups in total. The standard InChI is InChI=1S/C15H14F2N2O/c16-11-7-4-8-12(17)14(11)15-19(13(18)9-20-15)10-5-2-1-3-6-10/h1-8,13,15H,9,18H2. The first kappa shape index (κ1) is 13.0. The molecule has 2 atom stereocenters. The van der Waals surface area contributed by atoms with Crippen molar-refractivity contribution in [2.45, 2.75) is 12.4 Å². The summed E-state index contributed by atoms with van der Waals surface area (Å²) in [5.41, 5.74) is 6.66. The summed E-state index contributed by atoms with van der Waals surface area (Å²) in [5, 5.41) is 0. The van der Waals surface area contributed by atoms with E-state index in [9.17, 15) is 8.78 Å². The molecule has 1 fully saturated rings. The molecule has 0 spiro atoms. The van der Waals surface area contributed by atoms with Crippen molar-refractivity contribution < 1.29 is 13.5 Å². The van der Waals surface area contributed by atoms with E-state index in [0.29, 0.717) is 0 Å². The Morgan fingerprint density at radius 1 is 1.00 bits per heavy atom. The molecule has 104 valence electrons. The highest BCUT2D eigenvalue weighted by Crippen LogP contribution is 2.36. The molecule has 2 unspecified atom stereocenters. The number of rotatable bonds is 2. The molecular formula is C15H14F2N2O. The van der Waals surface area contributed by atoms with E-state index in [1.807, 2.05) is 30.3 Å². The van der Waals surface area contributed by atoms with Crippen molar-refractivity contribution in [3.63, 3.8) is 0 Å². The van der Waals surface area contributed by atoms with Gasteiger partial charge in [0.15, 0.2) is 6.23 Å². The summed E-state index contributed by atoms with van der Waals surface area (Å²) in [4.78, 5) is 1.68. The average molecular weight is 276 g/mol. The van der Waals surface area contributed by atoms with Gasteiger partial charge in [0, 0.05) is 5.69 Å². The van der Waals surface area contributed by atoms with E-state index in [0.717, 1.165) is 5.69 Å². The summed E-state index contributed by atoms with van der Waals surface area (Å²) in [6.07, 6.45) is -1.30. The highest BCUT2D eigenvalue weighted by atomic mass is 19.1. The molecule has 1 heterocycles. The Morgan fingerprint density at radius 2 is 1.65 bits per heavy atom. The van der Waals surface area contributed by atoms with Gasteiger partial charge in [0.1, 0.15) is 17.8 Å². The molecule has 0 saturated carbocycles. The zero-order chi connectivity index (χ0) is 14.1. The molecular weight excluding hydrogens is 262 g/mol. The van der Waals surface area contributed by atoms with Gasteiger partial charge >= 0.3 is 0 Å². The molecule has 0 aliphatic carbocycles. The number of hydrogen-bond donors (Lipinski definition) is 1. The molecule has 2 aromatic rings. The topological polar surface area (TPSA) is 38.5 Å². The van der Waals surface area contributed by atoms with E-state index >= 15 is 0 Å². The molecule has 5 heteroatoms. The molecule has 1 aliphatic rings. The lowest BCUT2D eigenvalue weighted by molar-refractivity contribution is 0.105. The number of nitrogens with two attached hydrogens (primary N) is 1. The van der Waals surface area contributed by atoms with Crippen LogP contribution in [0.5, 0.6) is 0 Å².